The van der Waals surface area contributed by atoms with Gasteiger partial charge in [-0.05, 0) is 41.8 Å². The molecule has 3 aromatic rings. The van der Waals surface area contributed by atoms with Crippen molar-refractivity contribution in [3.8, 4) is 6.07 Å². The molecule has 3 rings (SSSR count). The van der Waals surface area contributed by atoms with Gasteiger partial charge in [0, 0.05) is 17.9 Å². The van der Waals surface area contributed by atoms with Crippen LogP contribution in [0.1, 0.15) is 23.7 Å². The Kier molecular flexibility index (Phi) is 8.42. The van der Waals surface area contributed by atoms with Crippen LogP contribution in [0.2, 0.25) is 0 Å². The van der Waals surface area contributed by atoms with Crippen molar-refractivity contribution in [2.75, 3.05) is 17.6 Å². The SMILES string of the molecule is N#CCC(O)c1cccc(NCCc2ccccc2)c1.Nc1ccccc1. The van der Waals surface area contributed by atoms with Gasteiger partial charge in [0.25, 0.3) is 0 Å². The van der Waals surface area contributed by atoms with Crippen LogP contribution in [0.25, 0.3) is 0 Å². The van der Waals surface area contributed by atoms with Crippen LogP contribution in [0, 0.1) is 11.3 Å². The van der Waals surface area contributed by atoms with Gasteiger partial charge in [-0.2, -0.15) is 5.26 Å². The van der Waals surface area contributed by atoms with Gasteiger partial charge in [-0.3, -0.25) is 0 Å². The number of benzene rings is 3. The molecule has 0 fully saturated rings. The maximum absolute atomic E-state index is 9.80. The lowest BCUT2D eigenvalue weighted by atomic mass is 10.1. The summed E-state index contributed by atoms with van der Waals surface area (Å²) < 4.78 is 0. The first-order valence-corrected chi connectivity index (χ1v) is 8.92. The van der Waals surface area contributed by atoms with E-state index in [1.54, 1.807) is 0 Å². The lowest BCUT2D eigenvalue weighted by Crippen LogP contribution is -2.05. The molecule has 0 amide bonds. The zero-order valence-corrected chi connectivity index (χ0v) is 15.3. The van der Waals surface area contributed by atoms with E-state index in [9.17, 15) is 5.11 Å². The van der Waals surface area contributed by atoms with E-state index in [-0.39, 0.29) is 6.42 Å². The summed E-state index contributed by atoms with van der Waals surface area (Å²) in [5.74, 6) is 0. The number of nitrogen functional groups attached to an aromatic ring is 1. The molecule has 0 radical (unpaired) electrons. The summed E-state index contributed by atoms with van der Waals surface area (Å²) in [6.45, 7) is 0.835. The fourth-order valence-electron chi connectivity index (χ4n) is 2.51. The Morgan fingerprint density at radius 2 is 1.59 bits per heavy atom. The van der Waals surface area contributed by atoms with E-state index < -0.39 is 6.10 Å². The lowest BCUT2D eigenvalue weighted by Gasteiger charge is -2.11. The van der Waals surface area contributed by atoms with Gasteiger partial charge in [0.05, 0.1) is 18.6 Å². The molecule has 0 aliphatic heterocycles. The number of rotatable bonds is 6. The van der Waals surface area contributed by atoms with Crippen LogP contribution in [0.5, 0.6) is 0 Å². The molecule has 0 bridgehead atoms. The van der Waals surface area contributed by atoms with Gasteiger partial charge in [0.15, 0.2) is 0 Å². The van der Waals surface area contributed by atoms with Crippen molar-refractivity contribution in [2.24, 2.45) is 0 Å². The van der Waals surface area contributed by atoms with Gasteiger partial charge in [0.2, 0.25) is 0 Å². The number of hydrogen-bond acceptors (Lipinski definition) is 4. The fraction of sp³-hybridized carbons (Fsp3) is 0.174. The highest BCUT2D eigenvalue weighted by atomic mass is 16.3. The summed E-state index contributed by atoms with van der Waals surface area (Å²) >= 11 is 0. The average molecular weight is 359 g/mol. The zero-order chi connectivity index (χ0) is 19.3. The summed E-state index contributed by atoms with van der Waals surface area (Å²) in [6.07, 6.45) is 0.357. The maximum Gasteiger partial charge on any atom is 0.0920 e. The Labute approximate surface area is 160 Å². The summed E-state index contributed by atoms with van der Waals surface area (Å²) in [5, 5.41) is 21.7. The van der Waals surface area contributed by atoms with Gasteiger partial charge >= 0.3 is 0 Å². The summed E-state index contributed by atoms with van der Waals surface area (Å²) in [7, 11) is 0. The Morgan fingerprint density at radius 1 is 0.926 bits per heavy atom. The second-order valence-corrected chi connectivity index (χ2v) is 6.08. The molecule has 4 N–H and O–H groups in total. The Morgan fingerprint density at radius 3 is 2.19 bits per heavy atom. The van der Waals surface area contributed by atoms with Gasteiger partial charge < -0.3 is 16.2 Å². The predicted molar refractivity (Wildman–Crippen MR) is 111 cm³/mol. The van der Waals surface area contributed by atoms with Crippen LogP contribution in [0.15, 0.2) is 84.9 Å². The Hall–Kier alpha value is -3.29. The lowest BCUT2D eigenvalue weighted by molar-refractivity contribution is 0.183. The van der Waals surface area contributed by atoms with Crippen LogP contribution >= 0.6 is 0 Å². The van der Waals surface area contributed by atoms with E-state index in [1.807, 2.05) is 78.9 Å². The molecule has 4 nitrogen and oxygen atoms in total. The second kappa shape index (κ2) is 11.3. The average Bonchev–Trinajstić information content (AvgIpc) is 2.70. The molecule has 1 unspecified atom stereocenters. The molecule has 27 heavy (non-hydrogen) atoms. The highest BCUT2D eigenvalue weighted by Gasteiger charge is 2.06. The van der Waals surface area contributed by atoms with E-state index in [4.69, 9.17) is 11.0 Å². The molecule has 0 aliphatic carbocycles. The number of anilines is 2. The van der Waals surface area contributed by atoms with E-state index in [1.165, 1.54) is 5.56 Å². The molecule has 1 atom stereocenters. The third-order valence-corrected chi connectivity index (χ3v) is 3.94. The normalized spacial score (nSPS) is 10.8. The van der Waals surface area contributed by atoms with E-state index >= 15 is 0 Å². The van der Waals surface area contributed by atoms with Crippen molar-refractivity contribution >= 4 is 11.4 Å². The molecule has 4 heteroatoms. The van der Waals surface area contributed by atoms with E-state index in [0.717, 1.165) is 29.9 Å². The van der Waals surface area contributed by atoms with Crippen molar-refractivity contribution in [2.45, 2.75) is 18.9 Å². The highest BCUT2D eigenvalue weighted by molar-refractivity contribution is 5.46. The Balaban J connectivity index is 0.000000313. The highest BCUT2D eigenvalue weighted by Crippen LogP contribution is 2.19. The maximum atomic E-state index is 9.80. The number of aliphatic hydroxyl groups is 1. The number of aliphatic hydroxyl groups excluding tert-OH is 1. The van der Waals surface area contributed by atoms with Crippen LogP contribution in [-0.4, -0.2) is 11.7 Å². The van der Waals surface area contributed by atoms with E-state index in [2.05, 4.69) is 17.4 Å². The molecule has 0 aliphatic rings. The smallest absolute Gasteiger partial charge is 0.0920 e. The third-order valence-electron chi connectivity index (χ3n) is 3.94. The molecule has 0 aromatic heterocycles. The molecule has 0 saturated heterocycles. The largest absolute Gasteiger partial charge is 0.399 e. The van der Waals surface area contributed by atoms with Gasteiger partial charge in [0.1, 0.15) is 0 Å². The standard InChI is InChI=1S/C17H18N2O.C6H7N/c18-11-9-17(20)15-7-4-8-16(13-15)19-12-10-14-5-2-1-3-6-14;7-6-4-2-1-3-5-6/h1-8,13,17,19-20H,9-10,12H2;1-5H,7H2. The predicted octanol–water partition coefficient (Wildman–Crippen LogP) is 4.56. The first-order chi connectivity index (χ1) is 13.2. The molecule has 3 aromatic carbocycles. The zero-order valence-electron chi connectivity index (χ0n) is 15.3. The molecule has 0 spiro atoms. The van der Waals surface area contributed by atoms with Gasteiger partial charge in [-0.15, -0.1) is 0 Å². The molecule has 0 saturated carbocycles. The van der Waals surface area contributed by atoms with Crippen LogP contribution in [-0.2, 0) is 6.42 Å². The third kappa shape index (κ3) is 7.64. The molecule has 138 valence electrons. The van der Waals surface area contributed by atoms with Crippen molar-refractivity contribution in [1.29, 1.82) is 5.26 Å². The topological polar surface area (TPSA) is 82.1 Å². The number of hydrogen-bond donors (Lipinski definition) is 3. The monoisotopic (exact) mass is 359 g/mol. The molecule has 0 heterocycles. The first-order valence-electron chi connectivity index (χ1n) is 8.92. The quantitative estimate of drug-likeness (QED) is 0.564. The number of nitriles is 1. The number of nitrogens with two attached hydrogens (primary N) is 1. The van der Waals surface area contributed by atoms with Crippen LogP contribution in [0.3, 0.4) is 0 Å². The van der Waals surface area contributed by atoms with Gasteiger partial charge in [-0.1, -0.05) is 60.7 Å². The van der Waals surface area contributed by atoms with Crippen molar-refractivity contribution < 1.29 is 5.11 Å². The number of nitrogens with zero attached hydrogens (tertiary/aromatic N) is 1. The molecular weight excluding hydrogens is 334 g/mol. The van der Waals surface area contributed by atoms with Crippen molar-refractivity contribution in [3.63, 3.8) is 0 Å². The van der Waals surface area contributed by atoms with Gasteiger partial charge in [-0.25, -0.2) is 0 Å². The molecular formula is C23H25N3O. The van der Waals surface area contributed by atoms with Crippen molar-refractivity contribution in [1.82, 2.24) is 0 Å². The minimum Gasteiger partial charge on any atom is -0.399 e. The van der Waals surface area contributed by atoms with Crippen LogP contribution in [0.4, 0.5) is 11.4 Å². The summed E-state index contributed by atoms with van der Waals surface area (Å²) in [4.78, 5) is 0. The summed E-state index contributed by atoms with van der Waals surface area (Å²) in [5.41, 5.74) is 9.21. The van der Waals surface area contributed by atoms with Crippen molar-refractivity contribution in [3.05, 3.63) is 96.1 Å². The minimum atomic E-state index is -0.712. The minimum absolute atomic E-state index is 0.119. The number of para-hydroxylation sites is 1. The number of nitrogens with one attached hydrogen (secondary N) is 1. The van der Waals surface area contributed by atoms with E-state index in [0.29, 0.717) is 0 Å². The fourth-order valence-corrected chi connectivity index (χ4v) is 2.51. The first kappa shape index (κ1) is 20.0. The summed E-state index contributed by atoms with van der Waals surface area (Å²) in [6, 6.07) is 29.4. The second-order valence-electron chi connectivity index (χ2n) is 6.08. The Bertz CT molecular complexity index is 829. The van der Waals surface area contributed by atoms with Crippen LogP contribution < -0.4 is 11.1 Å².